The van der Waals surface area contributed by atoms with Crippen LogP contribution in [0.15, 0.2) is 110 Å². The summed E-state index contributed by atoms with van der Waals surface area (Å²) in [5, 5.41) is 0. The molecule has 0 aliphatic rings. The van der Waals surface area contributed by atoms with Gasteiger partial charge in [0.1, 0.15) is 0 Å². The van der Waals surface area contributed by atoms with Crippen molar-refractivity contribution >= 4 is 0 Å². The van der Waals surface area contributed by atoms with Crippen molar-refractivity contribution in [2.75, 3.05) is 7.05 Å². The van der Waals surface area contributed by atoms with Gasteiger partial charge in [0, 0.05) is 48.5 Å². The van der Waals surface area contributed by atoms with Gasteiger partial charge in [-0.25, -0.2) is 0 Å². The van der Waals surface area contributed by atoms with Gasteiger partial charge in [-0.3, -0.25) is 0 Å². The van der Waals surface area contributed by atoms with E-state index in [1.165, 1.54) is 22.5 Å². The van der Waals surface area contributed by atoms with Gasteiger partial charge in [-0.2, -0.15) is 9.13 Å². The Morgan fingerprint density at radius 2 is 0.968 bits per heavy atom. The summed E-state index contributed by atoms with van der Waals surface area (Å²) < 4.78 is 4.31. The molecule has 0 N–H and O–H groups in total. The molecule has 0 unspecified atom stereocenters. The van der Waals surface area contributed by atoms with Crippen molar-refractivity contribution < 1.29 is 9.13 Å². The zero-order valence-corrected chi connectivity index (χ0v) is 18.4. The highest BCUT2D eigenvalue weighted by Gasteiger charge is 2.06. The Hall–Kier alpha value is -3.77. The largest absolute Gasteiger partial charge is 0.269 e. The number of aryl methyl sites for hydroxylation is 2. The fourth-order valence-corrected chi connectivity index (χ4v) is 3.29. The van der Waals surface area contributed by atoms with E-state index in [1.807, 2.05) is 12.1 Å². The van der Waals surface area contributed by atoms with Crippen molar-refractivity contribution in [1.82, 2.24) is 0 Å². The van der Waals surface area contributed by atoms with Crippen LogP contribution in [0.2, 0.25) is 0 Å². The molecular formula is C28H30N3+3. The van der Waals surface area contributed by atoms with Gasteiger partial charge in [-0.05, 0) is 30.4 Å². The summed E-state index contributed by atoms with van der Waals surface area (Å²) in [6, 6.07) is 32.3. The molecule has 0 bridgehead atoms. The fraction of sp³-hybridized carbons (Fsp3) is 0.179. The lowest BCUT2D eigenvalue weighted by atomic mass is 10.1. The molecule has 0 amide bonds. The number of nitrogens with zero attached hydrogens (tertiary/aromatic N) is 3. The Morgan fingerprint density at radius 3 is 1.29 bits per heavy atom. The van der Waals surface area contributed by atoms with E-state index >= 15 is 0 Å². The van der Waals surface area contributed by atoms with Crippen molar-refractivity contribution in [2.24, 2.45) is 0 Å². The van der Waals surface area contributed by atoms with E-state index in [4.69, 9.17) is 0 Å². The molecule has 4 aromatic rings. The van der Waals surface area contributed by atoms with Crippen molar-refractivity contribution in [3.8, 4) is 17.4 Å². The van der Waals surface area contributed by atoms with Gasteiger partial charge in [0.05, 0.1) is 6.92 Å². The maximum Gasteiger partial charge on any atom is 0.269 e. The number of hydrogen-bond donors (Lipinski definition) is 0. The van der Waals surface area contributed by atoms with E-state index in [-0.39, 0.29) is 0 Å². The number of hydrogen-bond acceptors (Lipinski definition) is 0. The maximum atomic E-state index is 3.49. The van der Waals surface area contributed by atoms with Crippen LogP contribution in [0, 0.1) is 6.07 Å². The third-order valence-electron chi connectivity index (χ3n) is 5.06. The number of pyridine rings is 2. The van der Waals surface area contributed by atoms with Crippen molar-refractivity contribution in [3.63, 3.8) is 0 Å². The summed E-state index contributed by atoms with van der Waals surface area (Å²) >= 11 is 0. The monoisotopic (exact) mass is 408 g/mol. The summed E-state index contributed by atoms with van der Waals surface area (Å²) in [5.41, 5.74) is 5.16. The Kier molecular flexibility index (Phi) is 8.52. The topological polar surface area (TPSA) is 12.1 Å². The van der Waals surface area contributed by atoms with Gasteiger partial charge < -0.3 is 0 Å². The lowest BCUT2D eigenvalue weighted by molar-refractivity contribution is -0.596. The van der Waals surface area contributed by atoms with Crippen LogP contribution in [0.25, 0.3) is 16.2 Å². The molecule has 0 atom stereocenters. The summed E-state index contributed by atoms with van der Waals surface area (Å²) in [4.78, 5) is 3.49. The van der Waals surface area contributed by atoms with Gasteiger partial charge in [-0.1, -0.05) is 41.2 Å². The first-order valence-corrected chi connectivity index (χ1v) is 10.7. The number of para-hydroxylation sites is 2. The minimum absolute atomic E-state index is 1.10. The minimum atomic E-state index is 1.10. The van der Waals surface area contributed by atoms with Crippen molar-refractivity contribution in [2.45, 2.75) is 26.2 Å². The lowest BCUT2D eigenvalue weighted by Gasteiger charge is -2.02. The van der Waals surface area contributed by atoms with Crippen LogP contribution >= 0.6 is 0 Å². The predicted molar refractivity (Wildman–Crippen MR) is 127 cm³/mol. The van der Waals surface area contributed by atoms with Gasteiger partial charge >= 0.3 is 0 Å². The average molecular weight is 409 g/mol. The Balaban J connectivity index is 0.000000628. The van der Waals surface area contributed by atoms with E-state index in [0.717, 1.165) is 19.3 Å². The molecule has 3 nitrogen and oxygen atoms in total. The normalized spacial score (nSPS) is 9.74. The quantitative estimate of drug-likeness (QED) is 0.380. The van der Waals surface area contributed by atoms with Crippen molar-refractivity contribution in [1.29, 1.82) is 0 Å². The highest BCUT2D eigenvalue weighted by Crippen LogP contribution is 2.08. The molecule has 2 aromatic carbocycles. The summed E-state index contributed by atoms with van der Waals surface area (Å²) in [6.45, 7) is 1.76. The number of rotatable bonds is 6. The molecule has 0 saturated heterocycles. The molecule has 154 valence electrons. The third-order valence-corrected chi connectivity index (χ3v) is 5.06. The van der Waals surface area contributed by atoms with Gasteiger partial charge in [0.25, 0.3) is 13.1 Å². The molecular weight excluding hydrogens is 378 g/mol. The number of benzene rings is 2. The second-order valence-corrected chi connectivity index (χ2v) is 7.20. The second kappa shape index (κ2) is 12.0. The Bertz CT molecular complexity index is 1000. The van der Waals surface area contributed by atoms with Gasteiger partial charge in [0.2, 0.25) is 11.4 Å². The van der Waals surface area contributed by atoms with Crippen molar-refractivity contribution in [3.05, 3.63) is 126 Å². The summed E-state index contributed by atoms with van der Waals surface area (Å²) in [7, 11) is 1.69. The number of aromatic nitrogens is 2. The SMILES string of the molecule is CC#[N+]C.c1ccc(-[n+]2ccc(CCCc3cc[n+](-c4ccccc4)cc3)cc2)cc1. The van der Waals surface area contributed by atoms with E-state index in [9.17, 15) is 0 Å². The summed E-state index contributed by atoms with van der Waals surface area (Å²) in [5.74, 6) is 0. The fourth-order valence-electron chi connectivity index (χ4n) is 3.29. The molecule has 4 rings (SSSR count). The third kappa shape index (κ3) is 6.90. The van der Waals surface area contributed by atoms with E-state index < -0.39 is 0 Å². The highest BCUT2D eigenvalue weighted by atomic mass is 14.9. The molecule has 0 aliphatic carbocycles. The maximum absolute atomic E-state index is 3.49. The molecule has 0 saturated carbocycles. The van der Waals surface area contributed by atoms with Crippen LogP contribution in [0.4, 0.5) is 0 Å². The molecule has 2 aromatic heterocycles. The minimum Gasteiger partial charge on any atom is -0.167 e. The standard InChI is InChI=1S/C25H24N2.C3H6N/c1-3-10-24(11-4-1)26-18-14-22(15-19-26)8-7-9-23-16-20-27(21-17-23)25-12-5-2-6-13-25;1-3-4-2/h1-6,10-21H,7-9H2;1-2H3/q+2;+1. The zero-order chi connectivity index (χ0) is 21.7. The molecule has 3 heteroatoms. The van der Waals surface area contributed by atoms with Gasteiger partial charge in [0.15, 0.2) is 24.8 Å². The smallest absolute Gasteiger partial charge is 0.167 e. The highest BCUT2D eigenvalue weighted by molar-refractivity contribution is 5.23. The van der Waals surface area contributed by atoms with E-state index in [2.05, 4.69) is 118 Å². The first kappa shape index (κ1) is 21.9. The Morgan fingerprint density at radius 1 is 0.613 bits per heavy atom. The van der Waals surface area contributed by atoms with Gasteiger partial charge in [-0.15, -0.1) is 0 Å². The molecule has 0 spiro atoms. The molecule has 31 heavy (non-hydrogen) atoms. The lowest BCUT2D eigenvalue weighted by Crippen LogP contribution is -2.29. The van der Waals surface area contributed by atoms with E-state index in [1.54, 1.807) is 14.0 Å². The van der Waals surface area contributed by atoms with Crippen LogP contribution in [0.1, 0.15) is 24.5 Å². The predicted octanol–water partition coefficient (Wildman–Crippen LogP) is 5.38. The zero-order valence-electron chi connectivity index (χ0n) is 18.4. The first-order chi connectivity index (χ1) is 15.3. The average Bonchev–Trinajstić information content (AvgIpc) is 2.86. The molecule has 2 heterocycles. The van der Waals surface area contributed by atoms with Crippen LogP contribution in [-0.2, 0) is 12.8 Å². The molecule has 0 aliphatic heterocycles. The van der Waals surface area contributed by atoms with E-state index in [0.29, 0.717) is 0 Å². The van der Waals surface area contributed by atoms with Crippen LogP contribution in [0.3, 0.4) is 0 Å². The summed E-state index contributed by atoms with van der Waals surface area (Å²) in [6.07, 6.45) is 12.0. The van der Waals surface area contributed by atoms with Crippen LogP contribution in [0.5, 0.6) is 0 Å². The molecule has 0 radical (unpaired) electrons. The second-order valence-electron chi connectivity index (χ2n) is 7.20. The van der Waals surface area contributed by atoms with Crippen LogP contribution < -0.4 is 9.13 Å². The Labute approximate surface area is 185 Å². The first-order valence-electron chi connectivity index (χ1n) is 10.7. The van der Waals surface area contributed by atoms with Crippen LogP contribution in [-0.4, -0.2) is 7.05 Å². The molecule has 0 fully saturated rings.